The van der Waals surface area contributed by atoms with E-state index in [0.29, 0.717) is 11.6 Å². The number of benzene rings is 1. The zero-order chi connectivity index (χ0) is 17.8. The number of nitro groups is 1. The molecule has 1 fully saturated rings. The Hall–Kier alpha value is -2.16. The largest absolute Gasteiger partial charge is 0.355 e. The van der Waals surface area contributed by atoms with E-state index >= 15 is 0 Å². The molecule has 1 aromatic heterocycles. The number of halogens is 2. The molecule has 0 spiro atoms. The van der Waals surface area contributed by atoms with Gasteiger partial charge in [-0.15, -0.1) is 24.8 Å². The lowest BCUT2D eigenvalue weighted by molar-refractivity contribution is -0.384. The van der Waals surface area contributed by atoms with E-state index in [2.05, 4.69) is 27.1 Å². The molecule has 1 aromatic carbocycles. The highest BCUT2D eigenvalue weighted by Crippen LogP contribution is 2.24. The number of nitrogens with two attached hydrogens (primary N) is 1. The minimum absolute atomic E-state index is 0. The molecule has 3 N–H and O–H groups in total. The Morgan fingerprint density at radius 3 is 2.74 bits per heavy atom. The van der Waals surface area contributed by atoms with Gasteiger partial charge >= 0.3 is 0 Å². The third-order valence-electron chi connectivity index (χ3n) is 4.13. The Balaban J connectivity index is 0.00000182. The van der Waals surface area contributed by atoms with Gasteiger partial charge in [0.15, 0.2) is 0 Å². The van der Waals surface area contributed by atoms with E-state index in [1.807, 2.05) is 6.07 Å². The average molecular weight is 415 g/mol. The van der Waals surface area contributed by atoms with Crippen molar-refractivity contribution >= 4 is 48.0 Å². The highest BCUT2D eigenvalue weighted by molar-refractivity contribution is 5.85. The first-order chi connectivity index (χ1) is 12.0. The Morgan fingerprint density at radius 1 is 1.33 bits per heavy atom. The Bertz CT molecular complexity index is 777. The van der Waals surface area contributed by atoms with Gasteiger partial charge in [-0.05, 0) is 18.9 Å². The molecule has 1 aliphatic heterocycles. The monoisotopic (exact) mass is 414 g/mol. The van der Waals surface area contributed by atoms with Crippen LogP contribution in [0.4, 0.5) is 23.1 Å². The maximum atomic E-state index is 10.9. The van der Waals surface area contributed by atoms with E-state index in [9.17, 15) is 10.1 Å². The van der Waals surface area contributed by atoms with Crippen molar-refractivity contribution in [2.24, 2.45) is 5.73 Å². The number of hydrogen-bond acceptors (Lipinski definition) is 7. The smallest absolute Gasteiger partial charge is 0.271 e. The van der Waals surface area contributed by atoms with E-state index < -0.39 is 4.92 Å². The van der Waals surface area contributed by atoms with E-state index in [-0.39, 0.29) is 36.5 Å². The molecule has 2 heterocycles. The van der Waals surface area contributed by atoms with Gasteiger partial charge in [0, 0.05) is 48.7 Å². The molecule has 0 amide bonds. The molecule has 0 aliphatic carbocycles. The van der Waals surface area contributed by atoms with E-state index in [1.54, 1.807) is 12.1 Å². The number of aromatic nitrogens is 2. The van der Waals surface area contributed by atoms with Crippen LogP contribution in [0.1, 0.15) is 25.5 Å². The number of aryl methyl sites for hydroxylation is 1. The van der Waals surface area contributed by atoms with Crippen LogP contribution in [0.3, 0.4) is 0 Å². The van der Waals surface area contributed by atoms with Crippen molar-refractivity contribution in [1.29, 1.82) is 0 Å². The van der Waals surface area contributed by atoms with Crippen LogP contribution < -0.4 is 16.0 Å². The van der Waals surface area contributed by atoms with Crippen molar-refractivity contribution < 1.29 is 4.92 Å². The normalized spacial score (nSPS) is 15.6. The second-order valence-corrected chi connectivity index (χ2v) is 6.22. The van der Waals surface area contributed by atoms with Gasteiger partial charge in [0.1, 0.15) is 5.82 Å². The highest BCUT2D eigenvalue weighted by Gasteiger charge is 2.21. The van der Waals surface area contributed by atoms with Gasteiger partial charge in [-0.2, -0.15) is 4.98 Å². The van der Waals surface area contributed by atoms with Crippen molar-refractivity contribution in [3.63, 3.8) is 0 Å². The van der Waals surface area contributed by atoms with Crippen LogP contribution >= 0.6 is 24.8 Å². The quantitative estimate of drug-likeness (QED) is 0.549. The van der Waals surface area contributed by atoms with Crippen LogP contribution in [0.15, 0.2) is 30.3 Å². The van der Waals surface area contributed by atoms with Gasteiger partial charge in [0.2, 0.25) is 5.95 Å². The van der Waals surface area contributed by atoms with E-state index in [4.69, 9.17) is 5.73 Å². The molecule has 8 nitrogen and oxygen atoms in total. The molecule has 10 heteroatoms. The Morgan fingerprint density at radius 2 is 2.11 bits per heavy atom. The minimum Gasteiger partial charge on any atom is -0.355 e. The summed E-state index contributed by atoms with van der Waals surface area (Å²) in [4.78, 5) is 21.8. The Labute approximate surface area is 170 Å². The number of anilines is 3. The summed E-state index contributed by atoms with van der Waals surface area (Å²) < 4.78 is 0. The van der Waals surface area contributed by atoms with Crippen LogP contribution in [0.25, 0.3) is 0 Å². The van der Waals surface area contributed by atoms with Crippen LogP contribution in [0.5, 0.6) is 0 Å². The van der Waals surface area contributed by atoms with Gasteiger partial charge in [0.05, 0.1) is 4.92 Å². The van der Waals surface area contributed by atoms with E-state index in [1.165, 1.54) is 12.1 Å². The summed E-state index contributed by atoms with van der Waals surface area (Å²) in [5.74, 6) is 1.29. The summed E-state index contributed by atoms with van der Waals surface area (Å²) >= 11 is 0. The standard InChI is InChI=1S/C17H22N6O2.2ClH/c1-2-4-13-10-16(22-8-7-12(18)11-22)21-17(19-13)20-14-5-3-6-15(9-14)23(24)25;;/h3,5-6,9-10,12H,2,4,7-8,11,18H2,1H3,(H,19,20,21);2*1H. The first-order valence-corrected chi connectivity index (χ1v) is 8.45. The third-order valence-corrected chi connectivity index (χ3v) is 4.13. The molecule has 27 heavy (non-hydrogen) atoms. The van der Waals surface area contributed by atoms with Crippen LogP contribution in [0.2, 0.25) is 0 Å². The third kappa shape index (κ3) is 5.92. The summed E-state index contributed by atoms with van der Waals surface area (Å²) in [5, 5.41) is 14.0. The zero-order valence-corrected chi connectivity index (χ0v) is 16.6. The molecule has 0 saturated carbocycles. The minimum atomic E-state index is -0.420. The van der Waals surface area contributed by atoms with Gasteiger partial charge < -0.3 is 16.0 Å². The number of rotatable bonds is 6. The fourth-order valence-electron chi connectivity index (χ4n) is 2.91. The van der Waals surface area contributed by atoms with Crippen molar-refractivity contribution in [2.45, 2.75) is 32.2 Å². The predicted molar refractivity (Wildman–Crippen MR) is 112 cm³/mol. The molecule has 0 radical (unpaired) electrons. The van der Waals surface area contributed by atoms with Crippen LogP contribution in [-0.2, 0) is 6.42 Å². The molecular formula is C17H24Cl2N6O2. The van der Waals surface area contributed by atoms with Crippen molar-refractivity contribution in [2.75, 3.05) is 23.3 Å². The van der Waals surface area contributed by atoms with Crippen molar-refractivity contribution in [1.82, 2.24) is 9.97 Å². The first-order valence-electron chi connectivity index (χ1n) is 8.45. The van der Waals surface area contributed by atoms with Gasteiger partial charge in [0.25, 0.3) is 5.69 Å². The van der Waals surface area contributed by atoms with Crippen LogP contribution in [-0.4, -0.2) is 34.0 Å². The number of non-ortho nitro benzene ring substituents is 1. The maximum absolute atomic E-state index is 10.9. The second kappa shape index (κ2) is 10.2. The number of nitrogens with one attached hydrogen (secondary N) is 1. The summed E-state index contributed by atoms with van der Waals surface area (Å²) in [6, 6.07) is 8.49. The number of nitrogens with zero attached hydrogens (tertiary/aromatic N) is 4. The van der Waals surface area contributed by atoms with Gasteiger partial charge in [-0.25, -0.2) is 4.98 Å². The van der Waals surface area contributed by atoms with Gasteiger partial charge in [-0.3, -0.25) is 10.1 Å². The topological polar surface area (TPSA) is 110 Å². The number of hydrogen-bond donors (Lipinski definition) is 2. The molecule has 1 aliphatic rings. The first kappa shape index (κ1) is 22.9. The molecule has 0 bridgehead atoms. The number of nitro benzene ring substituents is 1. The lowest BCUT2D eigenvalue weighted by atomic mass is 10.2. The SMILES string of the molecule is CCCc1cc(N2CCC(N)C2)nc(Nc2cccc([N+](=O)[O-])c2)n1.Cl.Cl. The lowest BCUT2D eigenvalue weighted by Gasteiger charge is -2.18. The maximum Gasteiger partial charge on any atom is 0.271 e. The highest BCUT2D eigenvalue weighted by atomic mass is 35.5. The predicted octanol–water partition coefficient (Wildman–Crippen LogP) is 3.46. The van der Waals surface area contributed by atoms with Crippen molar-refractivity contribution in [3.8, 4) is 0 Å². The second-order valence-electron chi connectivity index (χ2n) is 6.22. The summed E-state index contributed by atoms with van der Waals surface area (Å²) in [6.07, 6.45) is 2.77. The molecule has 2 aromatic rings. The van der Waals surface area contributed by atoms with E-state index in [0.717, 1.165) is 43.9 Å². The molecule has 3 rings (SSSR count). The summed E-state index contributed by atoms with van der Waals surface area (Å²) in [7, 11) is 0. The fourth-order valence-corrected chi connectivity index (χ4v) is 2.91. The Kier molecular flexibility index (Phi) is 8.68. The molecular weight excluding hydrogens is 391 g/mol. The zero-order valence-electron chi connectivity index (χ0n) is 15.0. The molecule has 1 atom stereocenters. The van der Waals surface area contributed by atoms with Crippen LogP contribution in [0, 0.1) is 10.1 Å². The summed E-state index contributed by atoms with van der Waals surface area (Å²) in [5.41, 5.74) is 7.56. The molecule has 1 unspecified atom stereocenters. The molecule has 1 saturated heterocycles. The lowest BCUT2D eigenvalue weighted by Crippen LogP contribution is -2.27. The van der Waals surface area contributed by atoms with Gasteiger partial charge in [-0.1, -0.05) is 19.4 Å². The average Bonchev–Trinajstić information content (AvgIpc) is 3.02. The fraction of sp³-hybridized carbons (Fsp3) is 0.412. The van der Waals surface area contributed by atoms with Crippen molar-refractivity contribution in [3.05, 3.63) is 46.1 Å². The summed E-state index contributed by atoms with van der Waals surface area (Å²) in [6.45, 7) is 3.75. The molecule has 148 valence electrons.